The molecule has 0 fully saturated rings. The molecule has 0 aliphatic rings. The SMILES string of the molecule is CC[C@@H](C)c1ccccc1NC(=O)C[NH+](C)Cc1nc2ccccc2s1. The number of rotatable bonds is 7. The Labute approximate surface area is 158 Å². The van der Waals surface area contributed by atoms with Crippen LogP contribution in [0.15, 0.2) is 48.5 Å². The van der Waals surface area contributed by atoms with Crippen molar-refractivity contribution in [1.82, 2.24) is 4.98 Å². The van der Waals surface area contributed by atoms with E-state index in [1.54, 1.807) is 11.3 Å². The number of likely N-dealkylation sites (N-methyl/N-ethyl adjacent to an activating group) is 1. The van der Waals surface area contributed by atoms with E-state index in [1.165, 1.54) is 10.3 Å². The number of quaternary nitrogens is 1. The molecule has 26 heavy (non-hydrogen) atoms. The third-order valence-corrected chi connectivity index (χ3v) is 5.67. The summed E-state index contributed by atoms with van der Waals surface area (Å²) in [5.74, 6) is 0.471. The standard InChI is InChI=1S/C21H25N3OS/c1-4-15(2)16-9-5-6-10-17(16)22-20(25)13-24(3)14-21-23-18-11-7-8-12-19(18)26-21/h5-12,15H,4,13-14H2,1-3H3,(H,22,25)/p+1/t15-/m1/s1. The molecule has 0 radical (unpaired) electrons. The predicted octanol–water partition coefficient (Wildman–Crippen LogP) is 3.46. The van der Waals surface area contributed by atoms with Crippen LogP contribution in [0, 0.1) is 0 Å². The number of benzene rings is 2. The minimum Gasteiger partial charge on any atom is -0.324 e. The van der Waals surface area contributed by atoms with Crippen LogP contribution in [-0.4, -0.2) is 24.5 Å². The van der Waals surface area contributed by atoms with E-state index in [1.807, 2.05) is 43.4 Å². The van der Waals surface area contributed by atoms with Crippen molar-refractivity contribution < 1.29 is 9.69 Å². The molecule has 0 spiro atoms. The van der Waals surface area contributed by atoms with Gasteiger partial charge in [-0.25, -0.2) is 4.98 Å². The van der Waals surface area contributed by atoms with E-state index in [2.05, 4.69) is 36.3 Å². The number of thiazole rings is 1. The third kappa shape index (κ3) is 4.48. The summed E-state index contributed by atoms with van der Waals surface area (Å²) < 4.78 is 1.20. The number of amides is 1. The largest absolute Gasteiger partial charge is 0.324 e. The summed E-state index contributed by atoms with van der Waals surface area (Å²) in [6.45, 7) is 5.53. The molecular formula is C21H26N3OS+. The van der Waals surface area contributed by atoms with Crippen molar-refractivity contribution in [1.29, 1.82) is 0 Å². The second-order valence-corrected chi connectivity index (χ2v) is 7.95. The van der Waals surface area contributed by atoms with Crippen LogP contribution in [0.1, 0.15) is 36.8 Å². The van der Waals surface area contributed by atoms with Gasteiger partial charge in [-0.1, -0.05) is 44.2 Å². The third-order valence-electron chi connectivity index (χ3n) is 4.63. The van der Waals surface area contributed by atoms with E-state index in [0.29, 0.717) is 12.5 Å². The number of hydrogen-bond donors (Lipinski definition) is 2. The lowest BCUT2D eigenvalue weighted by Gasteiger charge is -2.17. The van der Waals surface area contributed by atoms with Crippen molar-refractivity contribution in [2.45, 2.75) is 32.7 Å². The van der Waals surface area contributed by atoms with Gasteiger partial charge in [-0.3, -0.25) is 4.79 Å². The Balaban J connectivity index is 1.61. The highest BCUT2D eigenvalue weighted by atomic mass is 32.1. The highest BCUT2D eigenvalue weighted by Gasteiger charge is 2.16. The molecular weight excluding hydrogens is 342 g/mol. The van der Waals surface area contributed by atoms with Crippen molar-refractivity contribution in [2.75, 3.05) is 18.9 Å². The van der Waals surface area contributed by atoms with E-state index < -0.39 is 0 Å². The second-order valence-electron chi connectivity index (χ2n) is 6.83. The Morgan fingerprint density at radius 1 is 1.19 bits per heavy atom. The fourth-order valence-corrected chi connectivity index (χ4v) is 4.13. The van der Waals surface area contributed by atoms with Gasteiger partial charge in [0, 0.05) is 5.69 Å². The van der Waals surface area contributed by atoms with Gasteiger partial charge in [-0.05, 0) is 36.1 Å². The van der Waals surface area contributed by atoms with Crippen molar-refractivity contribution in [3.05, 3.63) is 59.1 Å². The smallest absolute Gasteiger partial charge is 0.279 e. The number of carbonyl (C=O) groups excluding carboxylic acids is 1. The molecule has 0 saturated carbocycles. The van der Waals surface area contributed by atoms with Gasteiger partial charge in [0.1, 0.15) is 11.6 Å². The number of nitrogens with one attached hydrogen (secondary N) is 2. The highest BCUT2D eigenvalue weighted by molar-refractivity contribution is 7.18. The molecule has 1 heterocycles. The zero-order valence-corrected chi connectivity index (χ0v) is 16.4. The topological polar surface area (TPSA) is 46.4 Å². The lowest BCUT2D eigenvalue weighted by molar-refractivity contribution is -0.885. The molecule has 3 aromatic rings. The molecule has 0 aliphatic carbocycles. The maximum Gasteiger partial charge on any atom is 0.279 e. The molecule has 136 valence electrons. The van der Waals surface area contributed by atoms with Gasteiger partial charge < -0.3 is 10.2 Å². The number of fused-ring (bicyclic) bond motifs is 1. The van der Waals surface area contributed by atoms with Gasteiger partial charge in [0.2, 0.25) is 0 Å². The molecule has 0 aliphatic heterocycles. The summed E-state index contributed by atoms with van der Waals surface area (Å²) in [6, 6.07) is 16.2. The maximum atomic E-state index is 12.5. The molecule has 4 nitrogen and oxygen atoms in total. The molecule has 1 unspecified atom stereocenters. The molecule has 0 bridgehead atoms. The van der Waals surface area contributed by atoms with Gasteiger partial charge in [0.15, 0.2) is 6.54 Å². The Hall–Kier alpha value is -2.24. The first-order valence-corrected chi connectivity index (χ1v) is 9.93. The monoisotopic (exact) mass is 368 g/mol. The van der Waals surface area contributed by atoms with Crippen LogP contribution in [0.25, 0.3) is 10.2 Å². The first-order chi connectivity index (χ1) is 12.6. The van der Waals surface area contributed by atoms with Gasteiger partial charge in [0.25, 0.3) is 5.91 Å². The van der Waals surface area contributed by atoms with E-state index in [-0.39, 0.29) is 5.91 Å². The van der Waals surface area contributed by atoms with Gasteiger partial charge in [0.05, 0.1) is 17.3 Å². The van der Waals surface area contributed by atoms with E-state index >= 15 is 0 Å². The quantitative estimate of drug-likeness (QED) is 0.671. The molecule has 2 N–H and O–H groups in total. The molecule has 0 saturated heterocycles. The summed E-state index contributed by atoms with van der Waals surface area (Å²) in [5.41, 5.74) is 3.17. The summed E-state index contributed by atoms with van der Waals surface area (Å²) >= 11 is 1.70. The molecule has 2 atom stereocenters. The Morgan fingerprint density at radius 3 is 2.69 bits per heavy atom. The zero-order chi connectivity index (χ0) is 18.5. The molecule has 3 rings (SSSR count). The zero-order valence-electron chi connectivity index (χ0n) is 15.6. The summed E-state index contributed by atoms with van der Waals surface area (Å²) in [5, 5.41) is 4.16. The van der Waals surface area contributed by atoms with Gasteiger partial charge in [-0.2, -0.15) is 0 Å². The van der Waals surface area contributed by atoms with Gasteiger partial charge >= 0.3 is 0 Å². The van der Waals surface area contributed by atoms with Crippen molar-refractivity contribution in [2.24, 2.45) is 0 Å². The van der Waals surface area contributed by atoms with Gasteiger partial charge in [-0.15, -0.1) is 11.3 Å². The maximum absolute atomic E-state index is 12.5. The average Bonchev–Trinajstić information content (AvgIpc) is 3.03. The number of carbonyl (C=O) groups is 1. The fourth-order valence-electron chi connectivity index (χ4n) is 3.05. The number of para-hydroxylation sites is 2. The first kappa shape index (κ1) is 18.5. The van der Waals surface area contributed by atoms with E-state index in [4.69, 9.17) is 0 Å². The minimum absolute atomic E-state index is 0.0411. The van der Waals surface area contributed by atoms with Crippen LogP contribution < -0.4 is 10.2 Å². The van der Waals surface area contributed by atoms with Crippen LogP contribution in [0.3, 0.4) is 0 Å². The van der Waals surface area contributed by atoms with E-state index in [9.17, 15) is 4.79 Å². The lowest BCUT2D eigenvalue weighted by Crippen LogP contribution is -3.08. The van der Waals surface area contributed by atoms with Crippen molar-refractivity contribution >= 4 is 33.1 Å². The predicted molar refractivity (Wildman–Crippen MR) is 109 cm³/mol. The Bertz CT molecular complexity index is 857. The van der Waals surface area contributed by atoms with Crippen molar-refractivity contribution in [3.63, 3.8) is 0 Å². The minimum atomic E-state index is 0.0411. The van der Waals surface area contributed by atoms with Crippen LogP contribution in [0.4, 0.5) is 5.69 Å². The lowest BCUT2D eigenvalue weighted by atomic mass is 9.97. The summed E-state index contributed by atoms with van der Waals surface area (Å²) in [6.07, 6.45) is 1.05. The average molecular weight is 369 g/mol. The molecule has 1 aromatic heterocycles. The molecule has 1 amide bonds. The van der Waals surface area contributed by atoms with E-state index in [0.717, 1.165) is 34.1 Å². The fraction of sp³-hybridized carbons (Fsp3) is 0.333. The van der Waals surface area contributed by atoms with Crippen LogP contribution in [0.2, 0.25) is 0 Å². The summed E-state index contributed by atoms with van der Waals surface area (Å²) in [7, 11) is 2.03. The second kappa shape index (κ2) is 8.43. The van der Waals surface area contributed by atoms with Crippen LogP contribution in [-0.2, 0) is 11.3 Å². The first-order valence-electron chi connectivity index (χ1n) is 9.11. The van der Waals surface area contributed by atoms with Crippen LogP contribution >= 0.6 is 11.3 Å². The molecule has 5 heteroatoms. The van der Waals surface area contributed by atoms with Crippen LogP contribution in [0.5, 0.6) is 0 Å². The summed E-state index contributed by atoms with van der Waals surface area (Å²) in [4.78, 5) is 18.3. The number of hydrogen-bond acceptors (Lipinski definition) is 3. The normalized spacial score (nSPS) is 13.5. The highest BCUT2D eigenvalue weighted by Crippen LogP contribution is 2.26. The number of nitrogens with zero attached hydrogens (tertiary/aromatic N) is 1. The van der Waals surface area contributed by atoms with Crippen molar-refractivity contribution in [3.8, 4) is 0 Å². The number of anilines is 1. The Morgan fingerprint density at radius 2 is 1.92 bits per heavy atom. The Kier molecular flexibility index (Phi) is 6.01. The molecule has 2 aromatic carbocycles. The number of aromatic nitrogens is 1.